The lowest BCUT2D eigenvalue weighted by atomic mass is 9.98. The molecule has 2 aliphatic carbocycles. The van der Waals surface area contributed by atoms with Gasteiger partial charge in [-0.15, -0.1) is 0 Å². The number of carbonyl (C=O) groups excluding carboxylic acids is 2. The number of hydrogen-bond donors (Lipinski definition) is 0. The third-order valence-corrected chi connectivity index (χ3v) is 3.55. The van der Waals surface area contributed by atoms with Gasteiger partial charge in [0, 0.05) is 11.1 Å². The topological polar surface area (TPSA) is 34.1 Å². The van der Waals surface area contributed by atoms with Gasteiger partial charge in [-0.25, -0.2) is 0 Å². The second kappa shape index (κ2) is 4.37. The van der Waals surface area contributed by atoms with Gasteiger partial charge in [0.25, 0.3) is 0 Å². The molecule has 1 fully saturated rings. The van der Waals surface area contributed by atoms with E-state index >= 15 is 0 Å². The van der Waals surface area contributed by atoms with Crippen LogP contribution in [-0.4, -0.2) is 11.6 Å². The number of benzene rings is 1. The number of hydrogen-bond acceptors (Lipinski definition) is 2. The highest BCUT2D eigenvalue weighted by Crippen LogP contribution is 2.44. The first-order chi connectivity index (χ1) is 8.74. The molecule has 0 spiro atoms. The molecule has 0 heterocycles. The second-order valence-corrected chi connectivity index (χ2v) is 4.93. The van der Waals surface area contributed by atoms with Crippen LogP contribution in [0.15, 0.2) is 54.1 Å². The van der Waals surface area contributed by atoms with Crippen LogP contribution in [0, 0.1) is 11.8 Å². The summed E-state index contributed by atoms with van der Waals surface area (Å²) in [6, 6.07) is 8.98. The lowest BCUT2D eigenvalue weighted by Gasteiger charge is -2.05. The van der Waals surface area contributed by atoms with E-state index in [1.807, 2.05) is 30.4 Å². The molecule has 2 unspecified atom stereocenters. The molecule has 2 aliphatic rings. The summed E-state index contributed by atoms with van der Waals surface area (Å²) in [5.41, 5.74) is 1.31. The number of allylic oxidation sites excluding steroid dienone is 4. The molecule has 0 saturated heterocycles. The van der Waals surface area contributed by atoms with Gasteiger partial charge in [0.05, 0.1) is 6.42 Å². The van der Waals surface area contributed by atoms with Crippen molar-refractivity contribution < 1.29 is 9.59 Å². The molecular formula is C16H14O2. The largest absolute Gasteiger partial charge is 0.294 e. The molecule has 0 N–H and O–H groups in total. The van der Waals surface area contributed by atoms with Crippen LogP contribution in [0.4, 0.5) is 0 Å². The minimum atomic E-state index is -0.104. The van der Waals surface area contributed by atoms with Gasteiger partial charge in [-0.2, -0.15) is 0 Å². The molecule has 0 bridgehead atoms. The average molecular weight is 238 g/mol. The van der Waals surface area contributed by atoms with Crippen molar-refractivity contribution in [1.29, 1.82) is 0 Å². The van der Waals surface area contributed by atoms with Crippen molar-refractivity contribution in [2.24, 2.45) is 11.8 Å². The number of rotatable bonds is 4. The first kappa shape index (κ1) is 11.1. The highest BCUT2D eigenvalue weighted by Gasteiger charge is 2.36. The van der Waals surface area contributed by atoms with Crippen LogP contribution in [0.3, 0.4) is 0 Å². The van der Waals surface area contributed by atoms with Crippen molar-refractivity contribution in [3.05, 3.63) is 59.7 Å². The van der Waals surface area contributed by atoms with Crippen LogP contribution in [0.1, 0.15) is 23.2 Å². The lowest BCUT2D eigenvalue weighted by molar-refractivity contribution is -0.114. The first-order valence-electron chi connectivity index (χ1n) is 6.25. The van der Waals surface area contributed by atoms with Crippen LogP contribution in [0.25, 0.3) is 0 Å². The summed E-state index contributed by atoms with van der Waals surface area (Å²) in [6.45, 7) is 0. The van der Waals surface area contributed by atoms with Gasteiger partial charge in [0.2, 0.25) is 0 Å². The molecule has 18 heavy (non-hydrogen) atoms. The van der Waals surface area contributed by atoms with Crippen molar-refractivity contribution in [3.63, 3.8) is 0 Å². The van der Waals surface area contributed by atoms with E-state index in [1.165, 1.54) is 0 Å². The van der Waals surface area contributed by atoms with Crippen LogP contribution < -0.4 is 0 Å². The Balaban J connectivity index is 1.68. The van der Waals surface area contributed by atoms with E-state index in [4.69, 9.17) is 0 Å². The Morgan fingerprint density at radius 3 is 2.56 bits per heavy atom. The number of fused-ring (bicyclic) bond motifs is 1. The minimum Gasteiger partial charge on any atom is -0.294 e. The zero-order valence-electron chi connectivity index (χ0n) is 10.0. The molecule has 1 aromatic rings. The molecule has 1 aromatic carbocycles. The van der Waals surface area contributed by atoms with Crippen molar-refractivity contribution in [2.75, 3.05) is 0 Å². The maximum Gasteiger partial charge on any atom is 0.170 e. The molecule has 3 rings (SSSR count). The van der Waals surface area contributed by atoms with Gasteiger partial charge >= 0.3 is 0 Å². The van der Waals surface area contributed by atoms with E-state index in [0.717, 1.165) is 6.42 Å². The van der Waals surface area contributed by atoms with E-state index in [9.17, 15) is 9.59 Å². The first-order valence-corrected chi connectivity index (χ1v) is 6.25. The van der Waals surface area contributed by atoms with E-state index < -0.39 is 0 Å². The van der Waals surface area contributed by atoms with E-state index in [2.05, 4.69) is 6.08 Å². The molecule has 0 aromatic heterocycles. The summed E-state index contributed by atoms with van der Waals surface area (Å²) in [4.78, 5) is 23.9. The summed E-state index contributed by atoms with van der Waals surface area (Å²) in [6.07, 6.45) is 7.10. The zero-order chi connectivity index (χ0) is 12.5. The van der Waals surface area contributed by atoms with Crippen LogP contribution in [-0.2, 0) is 4.79 Å². The predicted octanol–water partition coefficient (Wildman–Crippen LogP) is 2.96. The highest BCUT2D eigenvalue weighted by molar-refractivity contribution is 6.14. The maximum absolute atomic E-state index is 12.0. The zero-order valence-corrected chi connectivity index (χ0v) is 10.0. The van der Waals surface area contributed by atoms with Crippen molar-refractivity contribution in [2.45, 2.75) is 12.8 Å². The summed E-state index contributed by atoms with van der Waals surface area (Å²) >= 11 is 0. The smallest absolute Gasteiger partial charge is 0.170 e. The summed E-state index contributed by atoms with van der Waals surface area (Å²) in [7, 11) is 0. The van der Waals surface area contributed by atoms with Gasteiger partial charge in [-0.3, -0.25) is 9.59 Å². The fourth-order valence-electron chi connectivity index (χ4n) is 2.32. The molecule has 2 heteroatoms. The number of carbonyl (C=O) groups is 2. The lowest BCUT2D eigenvalue weighted by Crippen LogP contribution is -2.10. The normalized spacial score (nSPS) is 24.1. The Morgan fingerprint density at radius 2 is 1.83 bits per heavy atom. The van der Waals surface area contributed by atoms with Gasteiger partial charge in [-0.05, 0) is 18.3 Å². The molecule has 90 valence electrons. The van der Waals surface area contributed by atoms with Crippen LogP contribution >= 0.6 is 0 Å². The monoisotopic (exact) mass is 238 g/mol. The Hall–Kier alpha value is -1.96. The summed E-state index contributed by atoms with van der Waals surface area (Å²) < 4.78 is 0. The second-order valence-electron chi connectivity index (χ2n) is 4.93. The molecule has 0 radical (unpaired) electrons. The Kier molecular flexibility index (Phi) is 2.71. The van der Waals surface area contributed by atoms with E-state index in [-0.39, 0.29) is 18.0 Å². The van der Waals surface area contributed by atoms with Gasteiger partial charge < -0.3 is 0 Å². The summed E-state index contributed by atoms with van der Waals surface area (Å²) in [5, 5.41) is 0. The third kappa shape index (κ3) is 2.19. The van der Waals surface area contributed by atoms with Crippen molar-refractivity contribution in [3.8, 4) is 0 Å². The van der Waals surface area contributed by atoms with Crippen LogP contribution in [0.5, 0.6) is 0 Å². The molecular weight excluding hydrogens is 224 g/mol. The van der Waals surface area contributed by atoms with E-state index in [0.29, 0.717) is 23.0 Å². The Labute approximate surface area is 106 Å². The molecule has 2 atom stereocenters. The van der Waals surface area contributed by atoms with Gasteiger partial charge in [-0.1, -0.05) is 48.6 Å². The fourth-order valence-corrected chi connectivity index (χ4v) is 2.32. The Morgan fingerprint density at radius 1 is 1.06 bits per heavy atom. The quantitative estimate of drug-likeness (QED) is 0.597. The van der Waals surface area contributed by atoms with Crippen LogP contribution in [0.2, 0.25) is 0 Å². The predicted molar refractivity (Wildman–Crippen MR) is 69.2 cm³/mol. The van der Waals surface area contributed by atoms with Gasteiger partial charge in [0.1, 0.15) is 0 Å². The molecule has 1 saturated carbocycles. The minimum absolute atomic E-state index is 0.0302. The SMILES string of the molecule is O=C(CC(=O)c1ccccc1)C1=CC2CC2C=C1. The van der Waals surface area contributed by atoms with Crippen molar-refractivity contribution >= 4 is 11.6 Å². The standard InChI is InChI=1S/C16H14O2/c17-15(11-4-2-1-3-5-11)10-16(18)13-7-6-12-8-14(12)9-13/h1-7,9,12,14H,8,10H2. The number of ketones is 2. The third-order valence-electron chi connectivity index (χ3n) is 3.55. The highest BCUT2D eigenvalue weighted by atomic mass is 16.1. The maximum atomic E-state index is 12.0. The number of Topliss-reactive ketones (excluding diaryl/α,β-unsaturated/α-hetero) is 2. The fraction of sp³-hybridized carbons (Fsp3) is 0.250. The average Bonchev–Trinajstić information content (AvgIpc) is 3.17. The molecule has 0 aliphatic heterocycles. The molecule has 0 amide bonds. The Bertz CT molecular complexity index is 552. The van der Waals surface area contributed by atoms with E-state index in [1.54, 1.807) is 12.1 Å². The summed E-state index contributed by atoms with van der Waals surface area (Å²) in [5.74, 6) is 1.02. The molecule has 2 nitrogen and oxygen atoms in total. The van der Waals surface area contributed by atoms with Gasteiger partial charge in [0.15, 0.2) is 11.6 Å². The van der Waals surface area contributed by atoms with Crippen molar-refractivity contribution in [1.82, 2.24) is 0 Å².